The highest BCUT2D eigenvalue weighted by Crippen LogP contribution is 2.43. The lowest BCUT2D eigenvalue weighted by Gasteiger charge is -2.53. The van der Waals surface area contributed by atoms with Gasteiger partial charge in [0.25, 0.3) is 0 Å². The Morgan fingerprint density at radius 2 is 1.91 bits per heavy atom. The fraction of sp³-hybridized carbons (Fsp3) is 0.630. The number of nitrogens with one attached hydrogen (secondary N) is 1. The average Bonchev–Trinajstić information content (AvgIpc) is 2.73. The zero-order valence-corrected chi connectivity index (χ0v) is 22.8. The summed E-state index contributed by atoms with van der Waals surface area (Å²) in [5, 5.41) is 3.11. The number of carbonyl (C=O) groups excluding carboxylic acids is 2. The number of β-lactam (4-membered cyclic amide) rings is 1. The highest BCUT2D eigenvalue weighted by atomic mass is 28.4. The SMILES string of the molecule is C=CC[C@]1(CC(=O)c2ccc(CN3CCOCC3)cc2)NC(=O)[C@@H]1[C@@H](C)O[Si](C)(C)C(C)(C)C. The van der Waals surface area contributed by atoms with Gasteiger partial charge in [-0.15, -0.1) is 6.58 Å². The second kappa shape index (κ2) is 10.4. The Hall–Kier alpha value is -1.80. The molecule has 0 aromatic heterocycles. The molecular formula is C27H42N2O4Si. The van der Waals surface area contributed by atoms with Crippen molar-refractivity contribution in [3.63, 3.8) is 0 Å². The number of hydrogen-bond acceptors (Lipinski definition) is 5. The van der Waals surface area contributed by atoms with Crippen LogP contribution in [0.5, 0.6) is 0 Å². The number of carbonyl (C=O) groups is 2. The molecule has 1 N–H and O–H groups in total. The van der Waals surface area contributed by atoms with Crippen molar-refractivity contribution >= 4 is 20.0 Å². The molecule has 0 bridgehead atoms. The van der Waals surface area contributed by atoms with Crippen LogP contribution < -0.4 is 5.32 Å². The molecule has 3 rings (SSSR count). The van der Waals surface area contributed by atoms with E-state index in [4.69, 9.17) is 9.16 Å². The molecule has 0 aliphatic carbocycles. The summed E-state index contributed by atoms with van der Waals surface area (Å²) in [6.07, 6.45) is 2.31. The summed E-state index contributed by atoms with van der Waals surface area (Å²) in [4.78, 5) is 28.4. The third kappa shape index (κ3) is 5.87. The van der Waals surface area contributed by atoms with Gasteiger partial charge in [0.05, 0.1) is 30.8 Å². The van der Waals surface area contributed by atoms with E-state index in [0.29, 0.717) is 12.0 Å². The van der Waals surface area contributed by atoms with Gasteiger partial charge in [0, 0.05) is 31.6 Å². The number of rotatable bonds is 10. The average molecular weight is 487 g/mol. The predicted octanol–water partition coefficient (Wildman–Crippen LogP) is 4.56. The minimum atomic E-state index is -2.06. The molecule has 3 atom stereocenters. The summed E-state index contributed by atoms with van der Waals surface area (Å²) in [7, 11) is -2.06. The smallest absolute Gasteiger partial charge is 0.228 e. The summed E-state index contributed by atoms with van der Waals surface area (Å²) in [5.74, 6) is -0.379. The van der Waals surface area contributed by atoms with Crippen LogP contribution in [-0.2, 0) is 20.5 Å². The Bertz CT molecular complexity index is 883. The van der Waals surface area contributed by atoms with Crippen molar-refractivity contribution in [1.29, 1.82) is 0 Å². The lowest BCUT2D eigenvalue weighted by molar-refractivity contribution is -0.147. The molecule has 0 unspecified atom stereocenters. The molecule has 7 heteroatoms. The zero-order valence-electron chi connectivity index (χ0n) is 21.8. The first-order valence-electron chi connectivity index (χ1n) is 12.4. The summed E-state index contributed by atoms with van der Waals surface area (Å²) < 4.78 is 12.0. The summed E-state index contributed by atoms with van der Waals surface area (Å²) in [6, 6.07) is 7.88. The topological polar surface area (TPSA) is 67.9 Å². The quantitative estimate of drug-likeness (QED) is 0.227. The van der Waals surface area contributed by atoms with E-state index in [9.17, 15) is 9.59 Å². The Morgan fingerprint density at radius 1 is 1.29 bits per heavy atom. The molecule has 0 spiro atoms. The third-order valence-corrected chi connectivity index (χ3v) is 12.3. The molecule has 0 radical (unpaired) electrons. The van der Waals surface area contributed by atoms with Gasteiger partial charge < -0.3 is 14.5 Å². The van der Waals surface area contributed by atoms with E-state index in [-0.39, 0.29) is 35.2 Å². The Balaban J connectivity index is 1.70. The van der Waals surface area contributed by atoms with Crippen LogP contribution in [0.4, 0.5) is 0 Å². The highest BCUT2D eigenvalue weighted by Gasteiger charge is 2.57. The second-order valence-corrected chi connectivity index (χ2v) is 16.1. The molecule has 1 aromatic rings. The monoisotopic (exact) mass is 486 g/mol. The van der Waals surface area contributed by atoms with Crippen molar-refractivity contribution in [2.45, 2.75) is 76.9 Å². The van der Waals surface area contributed by atoms with E-state index in [1.54, 1.807) is 6.08 Å². The second-order valence-electron chi connectivity index (χ2n) is 11.4. The maximum Gasteiger partial charge on any atom is 0.228 e. The van der Waals surface area contributed by atoms with Crippen LogP contribution in [0, 0.1) is 5.92 Å². The standard InChI is InChI=1S/C27H42N2O4Si/c1-8-13-27(24(25(31)28-27)20(2)33-34(6,7)26(3,4)5)18-23(30)22-11-9-21(10-12-22)19-29-14-16-32-17-15-29/h8-12,20,24H,1,13-19H2,2-7H3,(H,28,31)/t20-,24+,27-/m1/s1. The molecule has 34 heavy (non-hydrogen) atoms. The highest BCUT2D eigenvalue weighted by molar-refractivity contribution is 6.74. The van der Waals surface area contributed by atoms with Crippen LogP contribution in [-0.4, -0.2) is 62.9 Å². The van der Waals surface area contributed by atoms with Crippen molar-refractivity contribution in [3.8, 4) is 0 Å². The number of amides is 1. The molecule has 1 aromatic carbocycles. The van der Waals surface area contributed by atoms with Gasteiger partial charge in [-0.05, 0) is 37.0 Å². The molecule has 1 amide bonds. The van der Waals surface area contributed by atoms with E-state index in [2.05, 4.69) is 50.7 Å². The summed E-state index contributed by atoms with van der Waals surface area (Å²) in [6.45, 7) is 21.1. The van der Waals surface area contributed by atoms with E-state index >= 15 is 0 Å². The Labute approximate surface area is 206 Å². The number of hydrogen-bond donors (Lipinski definition) is 1. The van der Waals surface area contributed by atoms with Crippen molar-refractivity contribution in [2.24, 2.45) is 5.92 Å². The molecule has 2 heterocycles. The van der Waals surface area contributed by atoms with E-state index in [1.165, 1.54) is 5.56 Å². The fourth-order valence-corrected chi connectivity index (χ4v) is 6.23. The molecule has 2 fully saturated rings. The van der Waals surface area contributed by atoms with Crippen molar-refractivity contribution < 1.29 is 18.8 Å². The van der Waals surface area contributed by atoms with Gasteiger partial charge in [-0.1, -0.05) is 51.1 Å². The van der Waals surface area contributed by atoms with Crippen LogP contribution in [0.1, 0.15) is 56.5 Å². The zero-order chi connectivity index (χ0) is 25.1. The molecular weight excluding hydrogens is 444 g/mol. The first kappa shape index (κ1) is 26.8. The number of benzene rings is 1. The Kier molecular flexibility index (Phi) is 8.23. The van der Waals surface area contributed by atoms with Gasteiger partial charge in [-0.3, -0.25) is 14.5 Å². The normalized spacial score (nSPS) is 24.8. The minimum Gasteiger partial charge on any atom is -0.413 e. The fourth-order valence-electron chi connectivity index (χ4n) is 4.81. The van der Waals surface area contributed by atoms with Crippen LogP contribution >= 0.6 is 0 Å². The summed E-state index contributed by atoms with van der Waals surface area (Å²) in [5.41, 5.74) is 1.21. The first-order chi connectivity index (χ1) is 15.9. The number of nitrogens with zero attached hydrogens (tertiary/aromatic N) is 1. The van der Waals surface area contributed by atoms with E-state index in [0.717, 1.165) is 32.8 Å². The third-order valence-electron chi connectivity index (χ3n) is 7.78. The van der Waals surface area contributed by atoms with Gasteiger partial charge in [0.15, 0.2) is 14.1 Å². The first-order valence-corrected chi connectivity index (χ1v) is 15.3. The van der Waals surface area contributed by atoms with Crippen molar-refractivity contribution in [3.05, 3.63) is 48.0 Å². The van der Waals surface area contributed by atoms with Gasteiger partial charge in [0.1, 0.15) is 0 Å². The van der Waals surface area contributed by atoms with Crippen LogP contribution in [0.2, 0.25) is 18.1 Å². The molecule has 6 nitrogen and oxygen atoms in total. The molecule has 2 aliphatic rings. The van der Waals surface area contributed by atoms with Crippen molar-refractivity contribution in [2.75, 3.05) is 26.3 Å². The van der Waals surface area contributed by atoms with Gasteiger partial charge in [-0.2, -0.15) is 0 Å². The minimum absolute atomic E-state index is 0.0318. The molecule has 0 saturated carbocycles. The molecule has 188 valence electrons. The largest absolute Gasteiger partial charge is 0.413 e. The van der Waals surface area contributed by atoms with Gasteiger partial charge >= 0.3 is 0 Å². The maximum atomic E-state index is 13.3. The summed E-state index contributed by atoms with van der Waals surface area (Å²) >= 11 is 0. The lowest BCUT2D eigenvalue weighted by atomic mass is 9.67. The van der Waals surface area contributed by atoms with Gasteiger partial charge in [0.2, 0.25) is 5.91 Å². The molecule has 2 saturated heterocycles. The van der Waals surface area contributed by atoms with Crippen molar-refractivity contribution in [1.82, 2.24) is 10.2 Å². The molecule has 2 aliphatic heterocycles. The predicted molar refractivity (Wildman–Crippen MR) is 138 cm³/mol. The van der Waals surface area contributed by atoms with Gasteiger partial charge in [-0.25, -0.2) is 0 Å². The number of Topliss-reactive ketones (excluding diaryl/α,β-unsaturated/α-hetero) is 1. The lowest BCUT2D eigenvalue weighted by Crippen LogP contribution is -2.73. The van der Waals surface area contributed by atoms with E-state index in [1.807, 2.05) is 31.2 Å². The number of morpholine rings is 1. The number of ether oxygens (including phenoxy) is 1. The maximum absolute atomic E-state index is 13.3. The van der Waals surface area contributed by atoms with Crippen LogP contribution in [0.15, 0.2) is 36.9 Å². The van der Waals surface area contributed by atoms with E-state index < -0.39 is 13.9 Å². The number of ketones is 1. The van der Waals surface area contributed by atoms with Crippen LogP contribution in [0.3, 0.4) is 0 Å². The van der Waals surface area contributed by atoms with Crippen LogP contribution in [0.25, 0.3) is 0 Å². The Morgan fingerprint density at radius 3 is 2.44 bits per heavy atom.